The van der Waals surface area contributed by atoms with E-state index in [-0.39, 0.29) is 6.61 Å². The van der Waals surface area contributed by atoms with Crippen LogP contribution in [0.15, 0.2) is 30.3 Å². The maximum Gasteiger partial charge on any atom is 0.374 e. The van der Waals surface area contributed by atoms with Crippen LogP contribution in [-0.2, 0) is 19.4 Å². The third kappa shape index (κ3) is 2.80. The first-order chi connectivity index (χ1) is 7.16. The lowest BCUT2D eigenvalue weighted by Crippen LogP contribution is -2.23. The summed E-state index contributed by atoms with van der Waals surface area (Å²) in [7, 11) is 0. The molecular formula is C11H11O4. The highest BCUT2D eigenvalue weighted by Gasteiger charge is 2.30. The van der Waals surface area contributed by atoms with E-state index in [1.807, 2.05) is 0 Å². The molecule has 0 aliphatic carbocycles. The van der Waals surface area contributed by atoms with Crippen LogP contribution in [0.2, 0.25) is 0 Å². The van der Waals surface area contributed by atoms with Crippen molar-refractivity contribution >= 4 is 11.9 Å². The van der Waals surface area contributed by atoms with Gasteiger partial charge in [0, 0.05) is 0 Å². The molecule has 1 aromatic rings. The van der Waals surface area contributed by atoms with Crippen LogP contribution in [0.4, 0.5) is 0 Å². The molecule has 0 aromatic heterocycles. The molecule has 1 atom stereocenters. The molecular weight excluding hydrogens is 196 g/mol. The number of benzene rings is 1. The summed E-state index contributed by atoms with van der Waals surface area (Å²) in [5.41, 5.74) is 0.371. The van der Waals surface area contributed by atoms with Crippen LogP contribution in [0.1, 0.15) is 18.4 Å². The lowest BCUT2D eigenvalue weighted by atomic mass is 10.00. The van der Waals surface area contributed by atoms with Crippen molar-refractivity contribution < 1.29 is 19.4 Å². The molecule has 15 heavy (non-hydrogen) atoms. The molecule has 0 spiro atoms. The zero-order valence-electron chi connectivity index (χ0n) is 8.30. The molecule has 4 nitrogen and oxygen atoms in total. The maximum atomic E-state index is 11.3. The predicted molar refractivity (Wildman–Crippen MR) is 51.5 cm³/mol. The first kappa shape index (κ1) is 11.2. The van der Waals surface area contributed by atoms with E-state index in [2.05, 4.69) is 4.74 Å². The fourth-order valence-corrected chi connectivity index (χ4v) is 1.24. The minimum Gasteiger partial charge on any atom is -0.465 e. The van der Waals surface area contributed by atoms with Gasteiger partial charge in [-0.25, -0.2) is 9.90 Å². The molecule has 4 heteroatoms. The molecule has 1 radical (unpaired) electrons. The monoisotopic (exact) mass is 207 g/mol. The Labute approximate surface area is 87.5 Å². The summed E-state index contributed by atoms with van der Waals surface area (Å²) in [6.45, 7) is 1.77. The van der Waals surface area contributed by atoms with Gasteiger partial charge in [-0.15, -0.1) is 0 Å². The summed E-state index contributed by atoms with van der Waals surface area (Å²) in [4.78, 5) is 22.1. The summed E-state index contributed by atoms with van der Waals surface area (Å²) in [5.74, 6) is -3.57. The first-order valence-electron chi connectivity index (χ1n) is 4.59. The van der Waals surface area contributed by atoms with E-state index in [4.69, 9.17) is 0 Å². The Morgan fingerprint density at radius 1 is 1.27 bits per heavy atom. The lowest BCUT2D eigenvalue weighted by Gasteiger charge is -2.09. The summed E-state index contributed by atoms with van der Waals surface area (Å²) < 4.78 is 4.66. The van der Waals surface area contributed by atoms with E-state index in [9.17, 15) is 14.7 Å². The van der Waals surface area contributed by atoms with E-state index in [0.717, 1.165) is 0 Å². The molecule has 0 fully saturated rings. The van der Waals surface area contributed by atoms with Crippen molar-refractivity contribution in [3.8, 4) is 0 Å². The van der Waals surface area contributed by atoms with Crippen LogP contribution >= 0.6 is 0 Å². The molecule has 0 aliphatic rings. The van der Waals surface area contributed by atoms with E-state index >= 15 is 0 Å². The molecule has 0 saturated carbocycles. The van der Waals surface area contributed by atoms with E-state index in [1.165, 1.54) is 0 Å². The second-order valence-electron chi connectivity index (χ2n) is 2.91. The second-order valence-corrected chi connectivity index (χ2v) is 2.91. The molecule has 0 aliphatic heterocycles. The molecule has 0 bridgehead atoms. The Kier molecular flexibility index (Phi) is 3.85. The molecule has 0 saturated heterocycles. The smallest absolute Gasteiger partial charge is 0.374 e. The molecule has 0 N–H and O–H groups in total. The van der Waals surface area contributed by atoms with Crippen molar-refractivity contribution in [2.24, 2.45) is 0 Å². The number of hydrogen-bond acceptors (Lipinski definition) is 3. The van der Waals surface area contributed by atoms with Crippen LogP contribution in [-0.4, -0.2) is 18.5 Å². The fraction of sp³-hybridized carbons (Fsp3) is 0.273. The molecule has 0 amide bonds. The van der Waals surface area contributed by atoms with Gasteiger partial charge >= 0.3 is 11.9 Å². The quantitative estimate of drug-likeness (QED) is 0.552. The Balaban J connectivity index is 2.94. The van der Waals surface area contributed by atoms with Crippen LogP contribution in [0, 0.1) is 0 Å². The molecule has 79 valence electrons. The average Bonchev–Trinajstić information content (AvgIpc) is 2.19. The average molecular weight is 207 g/mol. The van der Waals surface area contributed by atoms with Crippen LogP contribution in [0.3, 0.4) is 0 Å². The number of hydrogen-bond donors (Lipinski definition) is 0. The zero-order valence-corrected chi connectivity index (χ0v) is 8.30. The third-order valence-electron chi connectivity index (χ3n) is 1.89. The number of ether oxygens (including phenoxy) is 1. The molecule has 1 aromatic carbocycles. The van der Waals surface area contributed by atoms with E-state index in [1.54, 1.807) is 37.3 Å². The van der Waals surface area contributed by atoms with Gasteiger partial charge < -0.3 is 4.74 Å². The summed E-state index contributed by atoms with van der Waals surface area (Å²) in [6.07, 6.45) is 0. The predicted octanol–water partition coefficient (Wildman–Crippen LogP) is 1.29. The van der Waals surface area contributed by atoms with Crippen LogP contribution < -0.4 is 0 Å². The van der Waals surface area contributed by atoms with Crippen molar-refractivity contribution in [1.29, 1.82) is 0 Å². The Hall–Kier alpha value is -1.84. The molecule has 0 heterocycles. The van der Waals surface area contributed by atoms with Crippen molar-refractivity contribution in [3.05, 3.63) is 35.9 Å². The van der Waals surface area contributed by atoms with Crippen molar-refractivity contribution in [2.75, 3.05) is 6.61 Å². The normalized spacial score (nSPS) is 11.8. The second kappa shape index (κ2) is 5.14. The van der Waals surface area contributed by atoms with Crippen molar-refractivity contribution in [1.82, 2.24) is 0 Å². The highest BCUT2D eigenvalue weighted by Crippen LogP contribution is 2.17. The van der Waals surface area contributed by atoms with Gasteiger partial charge in [0.1, 0.15) is 0 Å². The van der Waals surface area contributed by atoms with Gasteiger partial charge in [-0.2, -0.15) is 0 Å². The van der Waals surface area contributed by atoms with Crippen molar-refractivity contribution in [3.63, 3.8) is 0 Å². The van der Waals surface area contributed by atoms with Crippen molar-refractivity contribution in [2.45, 2.75) is 12.8 Å². The lowest BCUT2D eigenvalue weighted by molar-refractivity contribution is -0.156. The number of carbonyl (C=O) groups excluding carboxylic acids is 2. The Bertz CT molecular complexity index is 345. The van der Waals surface area contributed by atoms with Crippen LogP contribution in [0.5, 0.6) is 0 Å². The van der Waals surface area contributed by atoms with Gasteiger partial charge in [-0.05, 0) is 12.5 Å². The Morgan fingerprint density at radius 2 is 1.87 bits per heavy atom. The van der Waals surface area contributed by atoms with Crippen LogP contribution in [0.25, 0.3) is 0 Å². The van der Waals surface area contributed by atoms with Gasteiger partial charge in [0.25, 0.3) is 0 Å². The summed E-state index contributed by atoms with van der Waals surface area (Å²) in [6, 6.07) is 8.16. The highest BCUT2D eigenvalue weighted by molar-refractivity contribution is 5.99. The van der Waals surface area contributed by atoms with Gasteiger partial charge in [-0.1, -0.05) is 30.3 Å². The van der Waals surface area contributed by atoms with Gasteiger partial charge in [0.2, 0.25) is 0 Å². The maximum absolute atomic E-state index is 11.3. The third-order valence-corrected chi connectivity index (χ3v) is 1.89. The highest BCUT2D eigenvalue weighted by atomic mass is 16.5. The van der Waals surface area contributed by atoms with E-state index < -0.39 is 17.9 Å². The number of esters is 1. The number of carbonyl (C=O) groups is 2. The zero-order chi connectivity index (χ0) is 11.3. The summed E-state index contributed by atoms with van der Waals surface area (Å²) >= 11 is 0. The SMILES string of the molecule is CCOC(=O)C(C([O])=O)c1ccccc1. The minimum absolute atomic E-state index is 0.148. The van der Waals surface area contributed by atoms with E-state index in [0.29, 0.717) is 5.56 Å². The van der Waals surface area contributed by atoms with Gasteiger partial charge in [-0.3, -0.25) is 4.79 Å². The fourth-order valence-electron chi connectivity index (χ4n) is 1.24. The summed E-state index contributed by atoms with van der Waals surface area (Å²) in [5, 5.41) is 10.8. The number of rotatable bonds is 4. The first-order valence-corrected chi connectivity index (χ1v) is 4.59. The minimum atomic E-state index is -1.44. The molecule has 1 rings (SSSR count). The Morgan fingerprint density at radius 3 is 2.33 bits per heavy atom. The van der Waals surface area contributed by atoms with Gasteiger partial charge in [0.15, 0.2) is 5.92 Å². The standard InChI is InChI=1S/C11H11O4/c1-2-15-11(14)9(10(12)13)8-6-4-3-5-7-8/h3-7,9H,2H2,1H3. The largest absolute Gasteiger partial charge is 0.465 e. The van der Waals surface area contributed by atoms with Gasteiger partial charge in [0.05, 0.1) is 6.61 Å². The topological polar surface area (TPSA) is 63.3 Å². The molecule has 1 unspecified atom stereocenters.